The highest BCUT2D eigenvalue weighted by Crippen LogP contribution is 2.27. The smallest absolute Gasteiger partial charge is 0.103 e. The van der Waals surface area contributed by atoms with Gasteiger partial charge in [0.15, 0.2) is 0 Å². The van der Waals surface area contributed by atoms with Crippen molar-refractivity contribution in [1.29, 1.82) is 0 Å². The molecule has 5 heteroatoms. The summed E-state index contributed by atoms with van der Waals surface area (Å²) in [7, 11) is 0. The molecule has 3 aromatic rings. The summed E-state index contributed by atoms with van der Waals surface area (Å²) in [6, 6.07) is 30.7. The van der Waals surface area contributed by atoms with E-state index in [-0.39, 0.29) is 30.9 Å². The van der Waals surface area contributed by atoms with Crippen molar-refractivity contribution in [1.82, 2.24) is 5.32 Å². The van der Waals surface area contributed by atoms with Crippen molar-refractivity contribution in [3.05, 3.63) is 108 Å². The molecular weight excluding hydrogens is 426 g/mol. The van der Waals surface area contributed by atoms with E-state index in [2.05, 4.69) is 41.7 Å². The fourth-order valence-corrected chi connectivity index (χ4v) is 4.46. The molecule has 0 radical (unpaired) electrons. The molecule has 1 fully saturated rings. The minimum atomic E-state index is -0.164. The van der Waals surface area contributed by atoms with Crippen LogP contribution in [0.3, 0.4) is 0 Å². The number of nitrogens with one attached hydrogen (secondary N) is 1. The Morgan fingerprint density at radius 2 is 1.09 bits per heavy atom. The van der Waals surface area contributed by atoms with Gasteiger partial charge in [-0.15, -0.1) is 0 Å². The Morgan fingerprint density at radius 1 is 0.618 bits per heavy atom. The zero-order chi connectivity index (χ0) is 23.4. The maximum Gasteiger partial charge on any atom is 0.103 e. The lowest BCUT2D eigenvalue weighted by Crippen LogP contribution is -2.40. The zero-order valence-corrected chi connectivity index (χ0v) is 19.6. The van der Waals surface area contributed by atoms with Gasteiger partial charge >= 0.3 is 0 Å². The summed E-state index contributed by atoms with van der Waals surface area (Å²) in [4.78, 5) is 0. The van der Waals surface area contributed by atoms with E-state index in [0.29, 0.717) is 32.8 Å². The summed E-state index contributed by atoms with van der Waals surface area (Å²) in [5, 5.41) is 13.1. The van der Waals surface area contributed by atoms with Gasteiger partial charge in [0.2, 0.25) is 0 Å². The van der Waals surface area contributed by atoms with Gasteiger partial charge in [-0.05, 0) is 29.5 Å². The SMILES string of the molecule is OCCC[C@H]1N[C@H](COCc2ccccc2)[C@@H](OCc2ccccc2)[C@@H]1OCc1ccccc1. The molecule has 1 heterocycles. The van der Waals surface area contributed by atoms with Crippen LogP contribution in [0.15, 0.2) is 91.0 Å². The third-order valence-corrected chi connectivity index (χ3v) is 6.20. The van der Waals surface area contributed by atoms with E-state index in [1.807, 2.05) is 54.6 Å². The first kappa shape index (κ1) is 24.6. The van der Waals surface area contributed by atoms with E-state index in [0.717, 1.165) is 23.1 Å². The minimum Gasteiger partial charge on any atom is -0.396 e. The largest absolute Gasteiger partial charge is 0.396 e. The molecule has 0 aromatic heterocycles. The zero-order valence-electron chi connectivity index (χ0n) is 19.6. The van der Waals surface area contributed by atoms with Crippen molar-refractivity contribution in [3.8, 4) is 0 Å². The van der Waals surface area contributed by atoms with E-state index in [9.17, 15) is 5.11 Å². The number of rotatable bonds is 13. The molecular formula is C29H35NO4. The van der Waals surface area contributed by atoms with E-state index in [4.69, 9.17) is 14.2 Å². The van der Waals surface area contributed by atoms with E-state index < -0.39 is 0 Å². The van der Waals surface area contributed by atoms with Crippen molar-refractivity contribution in [3.63, 3.8) is 0 Å². The van der Waals surface area contributed by atoms with Crippen molar-refractivity contribution < 1.29 is 19.3 Å². The highest BCUT2D eigenvalue weighted by atomic mass is 16.5. The molecule has 0 amide bonds. The van der Waals surface area contributed by atoms with Crippen LogP contribution < -0.4 is 5.32 Å². The maximum absolute atomic E-state index is 9.45. The van der Waals surface area contributed by atoms with Gasteiger partial charge in [-0.1, -0.05) is 91.0 Å². The summed E-state index contributed by atoms with van der Waals surface area (Å²) in [5.74, 6) is 0. The van der Waals surface area contributed by atoms with Crippen LogP contribution in [0.5, 0.6) is 0 Å². The fourth-order valence-electron chi connectivity index (χ4n) is 4.46. The predicted octanol–water partition coefficient (Wildman–Crippen LogP) is 4.49. The molecule has 34 heavy (non-hydrogen) atoms. The summed E-state index contributed by atoms with van der Waals surface area (Å²) in [6.45, 7) is 2.27. The van der Waals surface area contributed by atoms with Gasteiger partial charge in [-0.25, -0.2) is 0 Å². The first-order valence-electron chi connectivity index (χ1n) is 12.1. The number of hydrogen-bond acceptors (Lipinski definition) is 5. The molecule has 0 spiro atoms. The van der Waals surface area contributed by atoms with E-state index >= 15 is 0 Å². The van der Waals surface area contributed by atoms with Gasteiger partial charge in [-0.2, -0.15) is 0 Å². The normalized spacial score (nSPS) is 22.1. The van der Waals surface area contributed by atoms with Crippen molar-refractivity contribution >= 4 is 0 Å². The van der Waals surface area contributed by atoms with Crippen LogP contribution in [0, 0.1) is 0 Å². The van der Waals surface area contributed by atoms with Crippen molar-refractivity contribution in [2.45, 2.75) is 57.0 Å². The van der Waals surface area contributed by atoms with Gasteiger partial charge in [-0.3, -0.25) is 0 Å². The summed E-state index contributed by atoms with van der Waals surface area (Å²) in [6.07, 6.45) is 1.23. The molecule has 0 bridgehead atoms. The predicted molar refractivity (Wildman–Crippen MR) is 133 cm³/mol. The highest BCUT2D eigenvalue weighted by Gasteiger charge is 2.44. The van der Waals surface area contributed by atoms with E-state index in [1.165, 1.54) is 0 Å². The Balaban J connectivity index is 1.45. The highest BCUT2D eigenvalue weighted by molar-refractivity contribution is 5.16. The van der Waals surface area contributed by atoms with Crippen LogP contribution in [0.1, 0.15) is 29.5 Å². The molecule has 3 aromatic carbocycles. The van der Waals surface area contributed by atoms with Gasteiger partial charge in [0.05, 0.1) is 32.5 Å². The number of aliphatic hydroxyl groups excluding tert-OH is 1. The third kappa shape index (κ3) is 7.23. The Bertz CT molecular complexity index is 938. The average Bonchev–Trinajstić information content (AvgIpc) is 3.22. The minimum absolute atomic E-state index is 0.00288. The molecule has 1 saturated heterocycles. The molecule has 2 N–H and O–H groups in total. The van der Waals surface area contributed by atoms with Crippen LogP contribution in [0.2, 0.25) is 0 Å². The Morgan fingerprint density at radius 3 is 1.59 bits per heavy atom. The first-order valence-corrected chi connectivity index (χ1v) is 12.1. The second-order valence-electron chi connectivity index (χ2n) is 8.77. The monoisotopic (exact) mass is 461 g/mol. The van der Waals surface area contributed by atoms with E-state index in [1.54, 1.807) is 0 Å². The van der Waals surface area contributed by atoms with Gasteiger partial charge in [0.25, 0.3) is 0 Å². The van der Waals surface area contributed by atoms with Gasteiger partial charge in [0.1, 0.15) is 12.2 Å². The second-order valence-corrected chi connectivity index (χ2v) is 8.77. The van der Waals surface area contributed by atoms with Crippen molar-refractivity contribution in [2.24, 2.45) is 0 Å². The Labute approximate surface area is 202 Å². The van der Waals surface area contributed by atoms with Gasteiger partial charge in [0, 0.05) is 12.6 Å². The van der Waals surface area contributed by atoms with Crippen LogP contribution in [-0.4, -0.2) is 42.6 Å². The molecule has 4 rings (SSSR count). The topological polar surface area (TPSA) is 60.0 Å². The summed E-state index contributed by atoms with van der Waals surface area (Å²) < 4.78 is 19.1. The number of benzene rings is 3. The average molecular weight is 462 g/mol. The Hall–Kier alpha value is -2.54. The number of ether oxygens (including phenoxy) is 3. The molecule has 1 aliphatic heterocycles. The molecule has 0 aliphatic carbocycles. The third-order valence-electron chi connectivity index (χ3n) is 6.20. The lowest BCUT2D eigenvalue weighted by Gasteiger charge is -2.26. The van der Waals surface area contributed by atoms with Crippen LogP contribution in [-0.2, 0) is 34.0 Å². The number of aliphatic hydroxyl groups is 1. The fraction of sp³-hybridized carbons (Fsp3) is 0.379. The summed E-state index contributed by atoms with van der Waals surface area (Å²) >= 11 is 0. The van der Waals surface area contributed by atoms with Gasteiger partial charge < -0.3 is 24.6 Å². The quantitative estimate of drug-likeness (QED) is 0.393. The van der Waals surface area contributed by atoms with Crippen LogP contribution in [0.4, 0.5) is 0 Å². The van der Waals surface area contributed by atoms with Crippen LogP contribution >= 0.6 is 0 Å². The standard InChI is InChI=1S/C29H35NO4/c31-18-10-17-26-28(33-20-24-13-6-2-7-14-24)29(34-21-25-15-8-3-9-16-25)27(30-26)22-32-19-23-11-4-1-5-12-23/h1-9,11-16,26-31H,10,17-22H2/t26-,27-,28-,29-/m1/s1. The Kier molecular flexibility index (Phi) is 9.67. The van der Waals surface area contributed by atoms with Crippen LogP contribution in [0.25, 0.3) is 0 Å². The molecule has 4 atom stereocenters. The maximum atomic E-state index is 9.45. The molecule has 0 unspecified atom stereocenters. The second kappa shape index (κ2) is 13.4. The van der Waals surface area contributed by atoms with Crippen molar-refractivity contribution in [2.75, 3.05) is 13.2 Å². The molecule has 180 valence electrons. The first-order chi connectivity index (χ1) is 16.8. The lowest BCUT2D eigenvalue weighted by atomic mass is 10.0. The molecule has 5 nitrogen and oxygen atoms in total. The molecule has 1 aliphatic rings. The summed E-state index contributed by atoms with van der Waals surface area (Å²) in [5.41, 5.74) is 3.41. The lowest BCUT2D eigenvalue weighted by molar-refractivity contribution is -0.0864. The number of hydrogen-bond donors (Lipinski definition) is 2. The molecule has 0 saturated carbocycles.